The van der Waals surface area contributed by atoms with Crippen molar-refractivity contribution in [2.75, 3.05) is 13.1 Å². The monoisotopic (exact) mass is 303 g/mol. The summed E-state index contributed by atoms with van der Waals surface area (Å²) >= 11 is 0. The zero-order chi connectivity index (χ0) is 16.2. The average Bonchev–Trinajstić information content (AvgIpc) is 2.28. The molecule has 5 heteroatoms. The number of halogens is 3. The van der Waals surface area contributed by atoms with Crippen molar-refractivity contribution in [2.45, 2.75) is 40.4 Å². The summed E-state index contributed by atoms with van der Waals surface area (Å²) in [5, 5.41) is 9.36. The fraction of sp³-hybridized carbons (Fsp3) is 0.625. The molecule has 0 amide bonds. The summed E-state index contributed by atoms with van der Waals surface area (Å²) in [5.41, 5.74) is -0.393. The second-order valence-electron chi connectivity index (χ2n) is 6.33. The number of phenols is 1. The number of hydrogen-bond acceptors (Lipinski definition) is 2. The molecule has 0 radical (unpaired) electrons. The first-order valence-electron chi connectivity index (χ1n) is 7.21. The summed E-state index contributed by atoms with van der Waals surface area (Å²) in [5.74, 6) is 0.177. The number of phenolic OH excluding ortho intramolecular Hbond substituents is 1. The van der Waals surface area contributed by atoms with Gasteiger partial charge in [-0.3, -0.25) is 4.90 Å². The highest BCUT2D eigenvalue weighted by atomic mass is 19.4. The molecular formula is C16H24F3NO. The smallest absolute Gasteiger partial charge is 0.419 e. The van der Waals surface area contributed by atoms with Gasteiger partial charge < -0.3 is 5.11 Å². The number of aromatic hydroxyl groups is 1. The minimum Gasteiger partial charge on any atom is -0.507 e. The van der Waals surface area contributed by atoms with E-state index < -0.39 is 17.5 Å². The quantitative estimate of drug-likeness (QED) is 0.835. The van der Waals surface area contributed by atoms with Gasteiger partial charge in [-0.2, -0.15) is 13.2 Å². The highest BCUT2D eigenvalue weighted by molar-refractivity contribution is 5.38. The van der Waals surface area contributed by atoms with E-state index in [9.17, 15) is 18.3 Å². The van der Waals surface area contributed by atoms with Gasteiger partial charge in [-0.25, -0.2) is 0 Å². The van der Waals surface area contributed by atoms with Gasteiger partial charge in [-0.05, 0) is 29.5 Å². The van der Waals surface area contributed by atoms with Gasteiger partial charge in [0.2, 0.25) is 0 Å². The van der Waals surface area contributed by atoms with E-state index in [4.69, 9.17) is 0 Å². The van der Waals surface area contributed by atoms with Gasteiger partial charge in [-0.1, -0.05) is 33.8 Å². The van der Waals surface area contributed by atoms with Crippen LogP contribution < -0.4 is 0 Å². The number of benzene rings is 1. The predicted molar refractivity (Wildman–Crippen MR) is 78.1 cm³/mol. The van der Waals surface area contributed by atoms with Crippen LogP contribution in [0.2, 0.25) is 0 Å². The van der Waals surface area contributed by atoms with Gasteiger partial charge >= 0.3 is 6.18 Å². The summed E-state index contributed by atoms with van der Waals surface area (Å²) in [6.07, 6.45) is -4.53. The molecule has 0 spiro atoms. The van der Waals surface area contributed by atoms with Crippen LogP contribution in [-0.4, -0.2) is 23.1 Å². The van der Waals surface area contributed by atoms with Gasteiger partial charge in [0.1, 0.15) is 5.75 Å². The lowest BCUT2D eigenvalue weighted by molar-refractivity contribution is -0.138. The molecule has 2 nitrogen and oxygen atoms in total. The van der Waals surface area contributed by atoms with Crippen LogP contribution in [0.5, 0.6) is 5.75 Å². The Morgan fingerprint density at radius 3 is 2.00 bits per heavy atom. The molecule has 0 fully saturated rings. The van der Waals surface area contributed by atoms with Crippen LogP contribution in [0.15, 0.2) is 18.2 Å². The van der Waals surface area contributed by atoms with Crippen molar-refractivity contribution in [3.05, 3.63) is 29.3 Å². The van der Waals surface area contributed by atoms with Crippen molar-refractivity contribution < 1.29 is 18.3 Å². The van der Waals surface area contributed by atoms with E-state index in [1.807, 2.05) is 0 Å². The zero-order valence-corrected chi connectivity index (χ0v) is 13.0. The molecule has 21 heavy (non-hydrogen) atoms. The lowest BCUT2D eigenvalue weighted by Gasteiger charge is -2.26. The number of hydrogen-bond donors (Lipinski definition) is 1. The summed E-state index contributed by atoms with van der Waals surface area (Å²) in [6.45, 7) is 10.5. The number of nitrogens with zero attached hydrogens (tertiary/aromatic N) is 1. The Labute approximate surface area is 124 Å². The van der Waals surface area contributed by atoms with E-state index in [1.165, 1.54) is 0 Å². The van der Waals surface area contributed by atoms with Crippen LogP contribution in [0.4, 0.5) is 13.2 Å². The SMILES string of the molecule is CC(C)CN(Cc1ccc(O)c(C(F)(F)F)c1)CC(C)C. The highest BCUT2D eigenvalue weighted by Gasteiger charge is 2.34. The molecule has 0 aliphatic rings. The maximum atomic E-state index is 12.8. The molecule has 0 saturated heterocycles. The van der Waals surface area contributed by atoms with E-state index in [1.54, 1.807) is 6.07 Å². The molecule has 0 aliphatic heterocycles. The molecule has 0 aromatic heterocycles. The fourth-order valence-electron chi connectivity index (χ4n) is 2.40. The molecule has 1 rings (SSSR count). The zero-order valence-electron chi connectivity index (χ0n) is 13.0. The first-order chi connectivity index (χ1) is 9.59. The molecular weight excluding hydrogens is 279 g/mol. The van der Waals surface area contributed by atoms with Crippen molar-refractivity contribution in [1.82, 2.24) is 4.90 Å². The Morgan fingerprint density at radius 2 is 1.57 bits per heavy atom. The number of rotatable bonds is 6. The van der Waals surface area contributed by atoms with Crippen molar-refractivity contribution in [3.8, 4) is 5.75 Å². The van der Waals surface area contributed by atoms with E-state index in [-0.39, 0.29) is 0 Å². The Morgan fingerprint density at radius 1 is 1.05 bits per heavy atom. The molecule has 120 valence electrons. The van der Waals surface area contributed by atoms with Crippen LogP contribution in [0, 0.1) is 11.8 Å². The molecule has 0 saturated carbocycles. The molecule has 0 unspecified atom stereocenters. The molecule has 1 aromatic rings. The van der Waals surface area contributed by atoms with Crippen molar-refractivity contribution >= 4 is 0 Å². The van der Waals surface area contributed by atoms with Gasteiger partial charge in [-0.15, -0.1) is 0 Å². The van der Waals surface area contributed by atoms with E-state index in [0.717, 1.165) is 25.2 Å². The fourth-order valence-corrected chi connectivity index (χ4v) is 2.40. The minimum atomic E-state index is -4.53. The van der Waals surface area contributed by atoms with Crippen LogP contribution in [0.3, 0.4) is 0 Å². The maximum Gasteiger partial charge on any atom is 0.419 e. The van der Waals surface area contributed by atoms with E-state index >= 15 is 0 Å². The van der Waals surface area contributed by atoms with Gasteiger partial charge in [0.25, 0.3) is 0 Å². The molecule has 0 bridgehead atoms. The maximum absolute atomic E-state index is 12.8. The lowest BCUT2D eigenvalue weighted by Crippen LogP contribution is -2.31. The Kier molecular flexibility index (Phi) is 6.08. The van der Waals surface area contributed by atoms with Crippen molar-refractivity contribution in [2.24, 2.45) is 11.8 Å². The Balaban J connectivity index is 2.93. The van der Waals surface area contributed by atoms with Gasteiger partial charge in [0.15, 0.2) is 0 Å². The Bertz CT molecular complexity index is 445. The van der Waals surface area contributed by atoms with Crippen LogP contribution in [0.1, 0.15) is 38.8 Å². The van der Waals surface area contributed by atoms with Crippen molar-refractivity contribution in [1.29, 1.82) is 0 Å². The summed E-state index contributed by atoms with van der Waals surface area (Å²) in [6, 6.07) is 3.72. The highest BCUT2D eigenvalue weighted by Crippen LogP contribution is 2.36. The van der Waals surface area contributed by atoms with E-state index in [0.29, 0.717) is 23.9 Å². The Hall–Kier alpha value is -1.23. The normalized spacial score (nSPS) is 12.7. The third-order valence-electron chi connectivity index (χ3n) is 3.02. The second kappa shape index (κ2) is 7.16. The second-order valence-corrected chi connectivity index (χ2v) is 6.33. The predicted octanol–water partition coefficient (Wildman–Crippen LogP) is 4.53. The van der Waals surface area contributed by atoms with Crippen LogP contribution >= 0.6 is 0 Å². The first-order valence-corrected chi connectivity index (χ1v) is 7.21. The van der Waals surface area contributed by atoms with Crippen LogP contribution in [0.25, 0.3) is 0 Å². The molecule has 0 aliphatic carbocycles. The standard InChI is InChI=1S/C16H24F3NO/c1-11(2)8-20(9-12(3)4)10-13-5-6-15(21)14(7-13)16(17,18)19/h5-7,11-12,21H,8-10H2,1-4H3. The largest absolute Gasteiger partial charge is 0.507 e. The molecule has 0 atom stereocenters. The summed E-state index contributed by atoms with van der Waals surface area (Å²) in [7, 11) is 0. The van der Waals surface area contributed by atoms with Gasteiger partial charge in [0, 0.05) is 19.6 Å². The molecule has 0 heterocycles. The van der Waals surface area contributed by atoms with Crippen molar-refractivity contribution in [3.63, 3.8) is 0 Å². The first kappa shape index (κ1) is 17.8. The van der Waals surface area contributed by atoms with Gasteiger partial charge in [0.05, 0.1) is 5.56 Å². The molecule has 1 N–H and O–H groups in total. The minimum absolute atomic E-state index is 0.447. The summed E-state index contributed by atoms with van der Waals surface area (Å²) in [4.78, 5) is 2.15. The topological polar surface area (TPSA) is 23.5 Å². The van der Waals surface area contributed by atoms with Crippen LogP contribution in [-0.2, 0) is 12.7 Å². The molecule has 1 aromatic carbocycles. The third kappa shape index (κ3) is 5.96. The third-order valence-corrected chi connectivity index (χ3v) is 3.02. The number of alkyl halides is 3. The average molecular weight is 303 g/mol. The van der Waals surface area contributed by atoms with E-state index in [2.05, 4.69) is 32.6 Å². The lowest BCUT2D eigenvalue weighted by atomic mass is 10.1. The summed E-state index contributed by atoms with van der Waals surface area (Å²) < 4.78 is 38.4.